The van der Waals surface area contributed by atoms with Gasteiger partial charge >= 0.3 is 0 Å². The summed E-state index contributed by atoms with van der Waals surface area (Å²) in [7, 11) is -0.176. The molecule has 2 rings (SSSR count). The molecule has 0 amide bonds. The summed E-state index contributed by atoms with van der Waals surface area (Å²) in [6.07, 6.45) is 0.625. The van der Waals surface area contributed by atoms with Gasteiger partial charge in [-0.1, -0.05) is 25.1 Å². The Labute approximate surface area is 173 Å². The highest BCUT2D eigenvalue weighted by atomic mass is 32.2. The Morgan fingerprint density at radius 1 is 1.10 bits per heavy atom. The molecule has 0 bridgehead atoms. The SMILES string of the molecule is CCOc1cc(NC(=NC)NC(CC)CS(=O)(=O)c2ccccc2)ccc1OC. The van der Waals surface area contributed by atoms with E-state index in [2.05, 4.69) is 15.6 Å². The quantitative estimate of drug-likeness (QED) is 0.479. The van der Waals surface area contributed by atoms with Crippen molar-refractivity contribution in [1.29, 1.82) is 0 Å². The van der Waals surface area contributed by atoms with E-state index >= 15 is 0 Å². The maximum atomic E-state index is 12.7. The maximum Gasteiger partial charge on any atom is 0.195 e. The van der Waals surface area contributed by atoms with Crippen LogP contribution in [0.25, 0.3) is 0 Å². The van der Waals surface area contributed by atoms with E-state index in [4.69, 9.17) is 9.47 Å². The monoisotopic (exact) mass is 419 g/mol. The summed E-state index contributed by atoms with van der Waals surface area (Å²) in [5.41, 5.74) is 0.753. The standard InChI is InChI=1S/C21H29N3O4S/c1-5-16(15-29(25,26)18-10-8-7-9-11-18)23-21(22-3)24-17-12-13-19(27-4)20(14-17)28-6-2/h7-14,16H,5-6,15H2,1-4H3,(H2,22,23,24). The normalized spacial score (nSPS) is 12.9. The highest BCUT2D eigenvalue weighted by Crippen LogP contribution is 2.30. The summed E-state index contributed by atoms with van der Waals surface area (Å²) in [6, 6.07) is 13.6. The Morgan fingerprint density at radius 3 is 2.41 bits per heavy atom. The molecule has 0 fully saturated rings. The molecule has 1 atom stereocenters. The number of benzene rings is 2. The molecule has 1 unspecified atom stereocenters. The minimum atomic E-state index is -3.40. The molecule has 0 spiro atoms. The predicted molar refractivity (Wildman–Crippen MR) is 117 cm³/mol. The van der Waals surface area contributed by atoms with Crippen molar-refractivity contribution in [3.8, 4) is 11.5 Å². The number of nitrogens with one attached hydrogen (secondary N) is 2. The molecule has 7 nitrogen and oxygen atoms in total. The first kappa shape index (κ1) is 22.5. The molecule has 0 saturated heterocycles. The third kappa shape index (κ3) is 6.39. The Hall–Kier alpha value is -2.74. The zero-order valence-corrected chi connectivity index (χ0v) is 18.1. The molecule has 158 valence electrons. The van der Waals surface area contributed by atoms with Gasteiger partial charge in [-0.05, 0) is 37.6 Å². The van der Waals surface area contributed by atoms with E-state index in [1.807, 2.05) is 26.0 Å². The van der Waals surface area contributed by atoms with Gasteiger partial charge in [-0.25, -0.2) is 8.42 Å². The molecule has 0 aliphatic carbocycles. The lowest BCUT2D eigenvalue weighted by molar-refractivity contribution is 0.311. The molecule has 2 aromatic carbocycles. The lowest BCUT2D eigenvalue weighted by Gasteiger charge is -2.21. The second-order valence-electron chi connectivity index (χ2n) is 6.34. The van der Waals surface area contributed by atoms with Crippen LogP contribution in [-0.4, -0.2) is 46.9 Å². The minimum absolute atomic E-state index is 0.0268. The molecular weight excluding hydrogens is 390 g/mol. The molecule has 0 heterocycles. The van der Waals surface area contributed by atoms with E-state index in [-0.39, 0.29) is 11.8 Å². The van der Waals surface area contributed by atoms with Crippen LogP contribution in [0.5, 0.6) is 11.5 Å². The van der Waals surface area contributed by atoms with Gasteiger partial charge in [0.2, 0.25) is 0 Å². The van der Waals surface area contributed by atoms with Crippen LogP contribution in [0.1, 0.15) is 20.3 Å². The lowest BCUT2D eigenvalue weighted by Crippen LogP contribution is -2.42. The number of ether oxygens (including phenoxy) is 2. The fraction of sp³-hybridized carbons (Fsp3) is 0.381. The van der Waals surface area contributed by atoms with Crippen molar-refractivity contribution in [3.05, 3.63) is 48.5 Å². The van der Waals surface area contributed by atoms with E-state index in [1.165, 1.54) is 0 Å². The van der Waals surface area contributed by atoms with Crippen LogP contribution < -0.4 is 20.1 Å². The smallest absolute Gasteiger partial charge is 0.195 e. The average molecular weight is 420 g/mol. The number of aliphatic imine (C=N–C) groups is 1. The summed E-state index contributed by atoms with van der Waals surface area (Å²) in [4.78, 5) is 4.54. The van der Waals surface area contributed by atoms with Crippen LogP contribution >= 0.6 is 0 Å². The van der Waals surface area contributed by atoms with Gasteiger partial charge in [-0.2, -0.15) is 0 Å². The number of anilines is 1. The van der Waals surface area contributed by atoms with Crippen LogP contribution in [0.4, 0.5) is 5.69 Å². The molecule has 0 aromatic heterocycles. The second-order valence-corrected chi connectivity index (χ2v) is 8.37. The summed E-state index contributed by atoms with van der Waals surface area (Å²) in [6.45, 7) is 4.35. The Morgan fingerprint density at radius 2 is 1.83 bits per heavy atom. The van der Waals surface area contributed by atoms with Crippen LogP contribution in [0, 0.1) is 0 Å². The fourth-order valence-electron chi connectivity index (χ4n) is 2.76. The van der Waals surface area contributed by atoms with Gasteiger partial charge in [0.1, 0.15) is 0 Å². The first-order valence-electron chi connectivity index (χ1n) is 9.52. The summed E-state index contributed by atoms with van der Waals surface area (Å²) in [5, 5.41) is 6.37. The summed E-state index contributed by atoms with van der Waals surface area (Å²) >= 11 is 0. The number of hydrogen-bond acceptors (Lipinski definition) is 5. The van der Waals surface area contributed by atoms with Crippen molar-refractivity contribution in [3.63, 3.8) is 0 Å². The van der Waals surface area contributed by atoms with Gasteiger partial charge in [0.15, 0.2) is 27.3 Å². The number of methoxy groups -OCH3 is 1. The largest absolute Gasteiger partial charge is 0.493 e. The number of guanidine groups is 1. The molecule has 29 heavy (non-hydrogen) atoms. The van der Waals surface area contributed by atoms with Gasteiger partial charge in [-0.3, -0.25) is 4.99 Å². The lowest BCUT2D eigenvalue weighted by atomic mass is 10.2. The highest BCUT2D eigenvalue weighted by molar-refractivity contribution is 7.91. The highest BCUT2D eigenvalue weighted by Gasteiger charge is 2.21. The third-order valence-corrected chi connectivity index (χ3v) is 6.14. The average Bonchev–Trinajstić information content (AvgIpc) is 2.73. The minimum Gasteiger partial charge on any atom is -0.493 e. The molecule has 0 saturated carbocycles. The van der Waals surface area contributed by atoms with Gasteiger partial charge in [-0.15, -0.1) is 0 Å². The van der Waals surface area contributed by atoms with E-state index in [0.717, 1.165) is 5.69 Å². The van der Waals surface area contributed by atoms with Gasteiger partial charge < -0.3 is 20.1 Å². The van der Waals surface area contributed by atoms with Gasteiger partial charge in [0.05, 0.1) is 24.4 Å². The molecule has 2 aromatic rings. The Bertz CT molecular complexity index is 915. The van der Waals surface area contributed by atoms with Crippen molar-refractivity contribution in [1.82, 2.24) is 5.32 Å². The molecule has 0 aliphatic rings. The first-order valence-corrected chi connectivity index (χ1v) is 11.2. The van der Waals surface area contributed by atoms with Crippen LogP contribution in [0.2, 0.25) is 0 Å². The van der Waals surface area contributed by atoms with Crippen molar-refractivity contribution in [2.24, 2.45) is 4.99 Å². The first-order chi connectivity index (χ1) is 13.9. The number of rotatable bonds is 9. The van der Waals surface area contributed by atoms with E-state index in [9.17, 15) is 8.42 Å². The zero-order chi connectivity index (χ0) is 21.3. The van der Waals surface area contributed by atoms with E-state index in [1.54, 1.807) is 50.6 Å². The molecule has 8 heteroatoms. The van der Waals surface area contributed by atoms with Crippen molar-refractivity contribution < 1.29 is 17.9 Å². The van der Waals surface area contributed by atoms with Crippen molar-refractivity contribution in [2.45, 2.75) is 31.2 Å². The van der Waals surface area contributed by atoms with Crippen LogP contribution in [0.15, 0.2) is 58.4 Å². The Kier molecular flexibility index (Phi) is 8.33. The Balaban J connectivity index is 2.11. The van der Waals surface area contributed by atoms with Crippen LogP contribution in [-0.2, 0) is 9.84 Å². The van der Waals surface area contributed by atoms with Crippen LogP contribution in [0.3, 0.4) is 0 Å². The second kappa shape index (κ2) is 10.7. The number of nitrogens with zero attached hydrogens (tertiary/aromatic N) is 1. The predicted octanol–water partition coefficient (Wildman–Crippen LogP) is 3.33. The fourth-order valence-corrected chi connectivity index (χ4v) is 4.37. The topological polar surface area (TPSA) is 89.0 Å². The van der Waals surface area contributed by atoms with E-state index in [0.29, 0.717) is 35.4 Å². The number of hydrogen-bond donors (Lipinski definition) is 2. The molecular formula is C21H29N3O4S. The van der Waals surface area contributed by atoms with Gasteiger partial charge in [0.25, 0.3) is 0 Å². The number of sulfone groups is 1. The maximum absolute atomic E-state index is 12.7. The summed E-state index contributed by atoms with van der Waals surface area (Å²) in [5.74, 6) is 1.71. The summed E-state index contributed by atoms with van der Waals surface area (Å²) < 4.78 is 36.3. The van der Waals surface area contributed by atoms with E-state index < -0.39 is 9.84 Å². The third-order valence-electron chi connectivity index (χ3n) is 4.31. The molecule has 0 aliphatic heterocycles. The molecule has 0 radical (unpaired) electrons. The van der Waals surface area contributed by atoms with Gasteiger partial charge in [0, 0.05) is 24.8 Å². The zero-order valence-electron chi connectivity index (χ0n) is 17.3. The molecule has 2 N–H and O–H groups in total. The van der Waals surface area contributed by atoms with Crippen molar-refractivity contribution >= 4 is 21.5 Å². The van der Waals surface area contributed by atoms with Crippen molar-refractivity contribution in [2.75, 3.05) is 31.8 Å².